The van der Waals surface area contributed by atoms with Gasteiger partial charge in [0.05, 0.1) is 19.3 Å². The van der Waals surface area contributed by atoms with Gasteiger partial charge in [0.1, 0.15) is 5.75 Å². The molecule has 0 fully saturated rings. The maximum Gasteiger partial charge on any atom is 0.238 e. The van der Waals surface area contributed by atoms with E-state index in [4.69, 9.17) is 10.5 Å². The van der Waals surface area contributed by atoms with Gasteiger partial charge in [0.2, 0.25) is 5.91 Å². The zero-order valence-electron chi connectivity index (χ0n) is 12.8. The molecule has 0 saturated heterocycles. The number of likely N-dealkylation sites (N-methyl/N-ethyl adjacent to an activating group) is 1. The Hall–Kier alpha value is -1.75. The molecule has 0 aliphatic carbocycles. The van der Waals surface area contributed by atoms with E-state index in [-0.39, 0.29) is 5.91 Å². The molecule has 112 valence electrons. The fraction of sp³-hybridized carbons (Fsp3) is 0.533. The van der Waals surface area contributed by atoms with Gasteiger partial charge in [0, 0.05) is 18.3 Å². The lowest BCUT2D eigenvalue weighted by Gasteiger charge is -2.22. The highest BCUT2D eigenvalue weighted by Gasteiger charge is 2.12. The normalized spacial score (nSPS) is 10.9. The Kier molecular flexibility index (Phi) is 6.31. The van der Waals surface area contributed by atoms with Crippen LogP contribution in [0.5, 0.6) is 5.75 Å². The summed E-state index contributed by atoms with van der Waals surface area (Å²) in [5.74, 6) is 1.06. The lowest BCUT2D eigenvalue weighted by molar-refractivity contribution is -0.117. The van der Waals surface area contributed by atoms with Crippen molar-refractivity contribution in [3.05, 3.63) is 18.2 Å². The minimum Gasteiger partial charge on any atom is -0.494 e. The minimum absolute atomic E-state index is 0.0458. The van der Waals surface area contributed by atoms with Gasteiger partial charge < -0.3 is 15.8 Å². The van der Waals surface area contributed by atoms with Crippen molar-refractivity contribution in [1.29, 1.82) is 0 Å². The van der Waals surface area contributed by atoms with Crippen LogP contribution in [0.2, 0.25) is 0 Å². The molecule has 0 spiro atoms. The van der Waals surface area contributed by atoms with Crippen molar-refractivity contribution >= 4 is 17.3 Å². The Morgan fingerprint density at radius 2 is 2.15 bits per heavy atom. The molecule has 3 N–H and O–H groups in total. The number of nitrogens with zero attached hydrogens (tertiary/aromatic N) is 1. The average Bonchev–Trinajstić information content (AvgIpc) is 2.39. The number of carbonyl (C=O) groups is 1. The summed E-state index contributed by atoms with van der Waals surface area (Å²) in [6.07, 6.45) is 0. The molecule has 0 aliphatic heterocycles. The number of benzene rings is 1. The van der Waals surface area contributed by atoms with Crippen molar-refractivity contribution in [3.63, 3.8) is 0 Å². The Labute approximate surface area is 121 Å². The molecule has 1 amide bonds. The summed E-state index contributed by atoms with van der Waals surface area (Å²) >= 11 is 0. The summed E-state index contributed by atoms with van der Waals surface area (Å²) in [5.41, 5.74) is 6.94. The largest absolute Gasteiger partial charge is 0.494 e. The summed E-state index contributed by atoms with van der Waals surface area (Å²) < 4.78 is 5.21. The van der Waals surface area contributed by atoms with E-state index in [0.29, 0.717) is 29.6 Å². The van der Waals surface area contributed by atoms with Crippen LogP contribution in [0.4, 0.5) is 11.4 Å². The third-order valence-electron chi connectivity index (χ3n) is 2.94. The molecule has 1 aromatic carbocycles. The summed E-state index contributed by atoms with van der Waals surface area (Å²) in [7, 11) is 1.56. The third-order valence-corrected chi connectivity index (χ3v) is 2.94. The predicted molar refractivity (Wildman–Crippen MR) is 83.0 cm³/mol. The zero-order chi connectivity index (χ0) is 15.1. The number of nitrogen functional groups attached to an aromatic ring is 1. The topological polar surface area (TPSA) is 67.6 Å². The molecule has 0 aliphatic rings. The molecule has 0 radical (unpaired) electrons. The second kappa shape index (κ2) is 7.75. The molecule has 0 bridgehead atoms. The van der Waals surface area contributed by atoms with Crippen LogP contribution in [0.1, 0.15) is 20.8 Å². The van der Waals surface area contributed by atoms with E-state index in [1.54, 1.807) is 25.3 Å². The Balaban J connectivity index is 2.66. The fourth-order valence-electron chi connectivity index (χ4n) is 2.03. The molecule has 5 nitrogen and oxygen atoms in total. The third kappa shape index (κ3) is 5.09. The SMILES string of the molecule is CCN(CC(=O)Nc1ccc(N)cc1OC)CC(C)C. The molecule has 0 saturated carbocycles. The molecule has 0 atom stereocenters. The Morgan fingerprint density at radius 3 is 2.70 bits per heavy atom. The quantitative estimate of drug-likeness (QED) is 0.751. The molecule has 0 aromatic heterocycles. The number of methoxy groups -OCH3 is 1. The number of anilines is 2. The Morgan fingerprint density at radius 1 is 1.45 bits per heavy atom. The van der Waals surface area contributed by atoms with Crippen LogP contribution in [0, 0.1) is 5.92 Å². The summed E-state index contributed by atoms with van der Waals surface area (Å²) in [6, 6.07) is 5.19. The number of hydrogen-bond acceptors (Lipinski definition) is 4. The molecular weight excluding hydrogens is 254 g/mol. The second-order valence-corrected chi connectivity index (χ2v) is 5.23. The number of rotatable bonds is 7. The van der Waals surface area contributed by atoms with Crippen molar-refractivity contribution in [2.75, 3.05) is 37.8 Å². The van der Waals surface area contributed by atoms with Gasteiger partial charge in [-0.3, -0.25) is 9.69 Å². The van der Waals surface area contributed by atoms with Crippen molar-refractivity contribution < 1.29 is 9.53 Å². The van der Waals surface area contributed by atoms with Crippen molar-refractivity contribution in [3.8, 4) is 5.75 Å². The second-order valence-electron chi connectivity index (χ2n) is 5.23. The number of amides is 1. The number of hydrogen-bond donors (Lipinski definition) is 2. The fourth-order valence-corrected chi connectivity index (χ4v) is 2.03. The number of ether oxygens (including phenoxy) is 1. The van der Waals surface area contributed by atoms with Crippen LogP contribution >= 0.6 is 0 Å². The van der Waals surface area contributed by atoms with E-state index in [1.165, 1.54) is 0 Å². The minimum atomic E-state index is -0.0458. The summed E-state index contributed by atoms with van der Waals surface area (Å²) in [4.78, 5) is 14.2. The van der Waals surface area contributed by atoms with Crippen LogP contribution in [0.25, 0.3) is 0 Å². The number of nitrogens with one attached hydrogen (secondary N) is 1. The molecule has 1 aromatic rings. The molecule has 5 heteroatoms. The van der Waals surface area contributed by atoms with Gasteiger partial charge in [0.25, 0.3) is 0 Å². The molecule has 0 unspecified atom stereocenters. The van der Waals surface area contributed by atoms with Gasteiger partial charge in [-0.1, -0.05) is 20.8 Å². The number of carbonyl (C=O) groups excluding carboxylic acids is 1. The van der Waals surface area contributed by atoms with E-state index in [0.717, 1.165) is 13.1 Å². The first-order valence-corrected chi connectivity index (χ1v) is 6.92. The van der Waals surface area contributed by atoms with Crippen molar-refractivity contribution in [2.24, 2.45) is 5.92 Å². The summed E-state index contributed by atoms with van der Waals surface area (Å²) in [6.45, 7) is 8.47. The van der Waals surface area contributed by atoms with Crippen molar-refractivity contribution in [1.82, 2.24) is 4.90 Å². The summed E-state index contributed by atoms with van der Waals surface area (Å²) in [5, 5.41) is 2.87. The van der Waals surface area contributed by atoms with Gasteiger partial charge in [-0.05, 0) is 24.6 Å². The molecule has 0 heterocycles. The van der Waals surface area contributed by atoms with Crippen LogP contribution < -0.4 is 15.8 Å². The molecule has 20 heavy (non-hydrogen) atoms. The van der Waals surface area contributed by atoms with Crippen LogP contribution in [0.15, 0.2) is 18.2 Å². The molecule has 1 rings (SSSR count). The van der Waals surface area contributed by atoms with Gasteiger partial charge in [-0.2, -0.15) is 0 Å². The predicted octanol–water partition coefficient (Wildman–Crippen LogP) is 2.19. The lowest BCUT2D eigenvalue weighted by Crippen LogP contribution is -2.35. The first kappa shape index (κ1) is 16.3. The van der Waals surface area contributed by atoms with Gasteiger partial charge in [-0.25, -0.2) is 0 Å². The highest BCUT2D eigenvalue weighted by atomic mass is 16.5. The van der Waals surface area contributed by atoms with E-state index in [9.17, 15) is 4.79 Å². The van der Waals surface area contributed by atoms with Crippen LogP contribution in [-0.4, -0.2) is 37.6 Å². The monoisotopic (exact) mass is 279 g/mol. The zero-order valence-corrected chi connectivity index (χ0v) is 12.8. The Bertz CT molecular complexity index is 447. The van der Waals surface area contributed by atoms with Crippen molar-refractivity contribution in [2.45, 2.75) is 20.8 Å². The van der Waals surface area contributed by atoms with Crippen LogP contribution in [-0.2, 0) is 4.79 Å². The number of nitrogens with two attached hydrogens (primary N) is 1. The smallest absolute Gasteiger partial charge is 0.238 e. The average molecular weight is 279 g/mol. The van der Waals surface area contributed by atoms with E-state index in [2.05, 4.69) is 31.0 Å². The maximum atomic E-state index is 12.1. The van der Waals surface area contributed by atoms with Gasteiger partial charge >= 0.3 is 0 Å². The van der Waals surface area contributed by atoms with Gasteiger partial charge in [0.15, 0.2) is 0 Å². The lowest BCUT2D eigenvalue weighted by atomic mass is 10.2. The highest BCUT2D eigenvalue weighted by molar-refractivity contribution is 5.94. The maximum absolute atomic E-state index is 12.1. The first-order valence-electron chi connectivity index (χ1n) is 6.92. The first-order chi connectivity index (χ1) is 9.46. The molecular formula is C15H25N3O2. The van der Waals surface area contributed by atoms with E-state index < -0.39 is 0 Å². The highest BCUT2D eigenvalue weighted by Crippen LogP contribution is 2.26. The van der Waals surface area contributed by atoms with E-state index in [1.807, 2.05) is 0 Å². The standard InChI is InChI=1S/C15H25N3O2/c1-5-18(9-11(2)3)10-15(19)17-13-7-6-12(16)8-14(13)20-4/h6-8,11H,5,9-10,16H2,1-4H3,(H,17,19). The van der Waals surface area contributed by atoms with Gasteiger partial charge in [-0.15, -0.1) is 0 Å². The van der Waals surface area contributed by atoms with E-state index >= 15 is 0 Å². The van der Waals surface area contributed by atoms with Crippen LogP contribution in [0.3, 0.4) is 0 Å².